The number of benzene rings is 1. The van der Waals surface area contributed by atoms with Crippen molar-refractivity contribution in [2.45, 2.75) is 6.04 Å². The SMILES string of the molecule is CNC(CN1CCN(C)CC1)c1ccccc1F. The van der Waals surface area contributed by atoms with E-state index in [0.29, 0.717) is 0 Å². The number of hydrogen-bond acceptors (Lipinski definition) is 3. The topological polar surface area (TPSA) is 18.5 Å². The molecule has 1 aromatic carbocycles. The highest BCUT2D eigenvalue weighted by atomic mass is 19.1. The van der Waals surface area contributed by atoms with Gasteiger partial charge in [0.25, 0.3) is 0 Å². The molecular formula is C14H22FN3. The molecule has 18 heavy (non-hydrogen) atoms. The van der Waals surface area contributed by atoms with Crippen LogP contribution in [0.25, 0.3) is 0 Å². The summed E-state index contributed by atoms with van der Waals surface area (Å²) in [5.74, 6) is -0.119. The molecule has 1 fully saturated rings. The van der Waals surface area contributed by atoms with Crippen LogP contribution in [-0.2, 0) is 0 Å². The summed E-state index contributed by atoms with van der Waals surface area (Å²) in [6.45, 7) is 5.17. The number of nitrogens with one attached hydrogen (secondary N) is 1. The van der Waals surface area contributed by atoms with Crippen LogP contribution in [0.5, 0.6) is 0 Å². The van der Waals surface area contributed by atoms with Gasteiger partial charge in [-0.1, -0.05) is 18.2 Å². The molecule has 1 N–H and O–H groups in total. The molecule has 4 heteroatoms. The highest BCUT2D eigenvalue weighted by Crippen LogP contribution is 2.18. The summed E-state index contributed by atoms with van der Waals surface area (Å²) in [6.07, 6.45) is 0. The van der Waals surface area contributed by atoms with E-state index in [2.05, 4.69) is 22.2 Å². The molecule has 1 atom stereocenters. The van der Waals surface area contributed by atoms with E-state index in [-0.39, 0.29) is 11.9 Å². The van der Waals surface area contributed by atoms with Crippen molar-refractivity contribution < 1.29 is 4.39 Å². The average Bonchev–Trinajstić information content (AvgIpc) is 2.39. The molecule has 1 aromatic rings. The summed E-state index contributed by atoms with van der Waals surface area (Å²) in [4.78, 5) is 4.72. The van der Waals surface area contributed by atoms with Gasteiger partial charge >= 0.3 is 0 Å². The first kappa shape index (κ1) is 13.5. The van der Waals surface area contributed by atoms with Crippen molar-refractivity contribution in [3.05, 3.63) is 35.6 Å². The molecule has 0 aromatic heterocycles. The summed E-state index contributed by atoms with van der Waals surface area (Å²) >= 11 is 0. The Balaban J connectivity index is 1.99. The zero-order chi connectivity index (χ0) is 13.0. The zero-order valence-corrected chi connectivity index (χ0v) is 11.2. The Bertz CT molecular complexity index is 375. The lowest BCUT2D eigenvalue weighted by atomic mass is 10.1. The Hall–Kier alpha value is -0.970. The lowest BCUT2D eigenvalue weighted by molar-refractivity contribution is 0.143. The molecule has 1 saturated heterocycles. The van der Waals surface area contributed by atoms with Crippen molar-refractivity contribution in [1.82, 2.24) is 15.1 Å². The highest BCUT2D eigenvalue weighted by Gasteiger charge is 2.20. The predicted molar refractivity (Wildman–Crippen MR) is 72.1 cm³/mol. The van der Waals surface area contributed by atoms with E-state index < -0.39 is 0 Å². The van der Waals surface area contributed by atoms with Gasteiger partial charge in [-0.3, -0.25) is 4.90 Å². The molecule has 1 unspecified atom stereocenters. The number of hydrogen-bond donors (Lipinski definition) is 1. The maximum absolute atomic E-state index is 13.8. The summed E-state index contributed by atoms with van der Waals surface area (Å²) in [7, 11) is 4.04. The van der Waals surface area contributed by atoms with Crippen LogP contribution in [0.1, 0.15) is 11.6 Å². The Morgan fingerprint density at radius 2 is 1.89 bits per heavy atom. The number of rotatable bonds is 4. The molecule has 1 aliphatic heterocycles. The van der Waals surface area contributed by atoms with E-state index in [9.17, 15) is 4.39 Å². The lowest BCUT2D eigenvalue weighted by Crippen LogP contribution is -2.47. The van der Waals surface area contributed by atoms with Gasteiger partial charge in [0.2, 0.25) is 0 Å². The average molecular weight is 251 g/mol. The monoisotopic (exact) mass is 251 g/mol. The first-order valence-corrected chi connectivity index (χ1v) is 6.53. The Kier molecular flexibility index (Phi) is 4.69. The third-order valence-electron chi connectivity index (χ3n) is 3.67. The van der Waals surface area contributed by atoms with Crippen LogP contribution in [-0.4, -0.2) is 56.6 Å². The molecule has 3 nitrogen and oxygen atoms in total. The van der Waals surface area contributed by atoms with Gasteiger partial charge in [-0.05, 0) is 20.2 Å². The van der Waals surface area contributed by atoms with Crippen LogP contribution in [0.3, 0.4) is 0 Å². The lowest BCUT2D eigenvalue weighted by Gasteiger charge is -2.34. The summed E-state index contributed by atoms with van der Waals surface area (Å²) < 4.78 is 13.8. The van der Waals surface area contributed by atoms with E-state index in [0.717, 1.165) is 38.3 Å². The van der Waals surface area contributed by atoms with E-state index in [1.165, 1.54) is 6.07 Å². The molecule has 2 rings (SSSR count). The minimum atomic E-state index is -0.119. The van der Waals surface area contributed by atoms with Crippen molar-refractivity contribution in [1.29, 1.82) is 0 Å². The van der Waals surface area contributed by atoms with E-state index in [1.54, 1.807) is 6.07 Å². The molecule has 1 heterocycles. The highest BCUT2D eigenvalue weighted by molar-refractivity contribution is 5.21. The van der Waals surface area contributed by atoms with Gasteiger partial charge in [0, 0.05) is 44.3 Å². The molecule has 0 spiro atoms. The summed E-state index contributed by atoms with van der Waals surface area (Å²) in [5.41, 5.74) is 0.763. The van der Waals surface area contributed by atoms with E-state index in [4.69, 9.17) is 0 Å². The van der Waals surface area contributed by atoms with Crippen LogP contribution in [0.4, 0.5) is 4.39 Å². The standard InChI is InChI=1S/C14H22FN3/c1-16-14(12-5-3-4-6-13(12)15)11-18-9-7-17(2)8-10-18/h3-6,14,16H,7-11H2,1-2H3. The largest absolute Gasteiger partial charge is 0.312 e. The van der Waals surface area contributed by atoms with Crippen molar-refractivity contribution in [3.63, 3.8) is 0 Å². The second kappa shape index (κ2) is 6.27. The number of piperazine rings is 1. The first-order valence-electron chi connectivity index (χ1n) is 6.53. The van der Waals surface area contributed by atoms with Crippen molar-refractivity contribution >= 4 is 0 Å². The number of nitrogens with zero attached hydrogens (tertiary/aromatic N) is 2. The maximum Gasteiger partial charge on any atom is 0.128 e. The Labute approximate surface area is 109 Å². The molecule has 1 aliphatic rings. The van der Waals surface area contributed by atoms with Crippen molar-refractivity contribution in [3.8, 4) is 0 Å². The van der Waals surface area contributed by atoms with Gasteiger partial charge in [0.05, 0.1) is 0 Å². The normalized spacial score (nSPS) is 19.9. The maximum atomic E-state index is 13.8. The molecule has 0 bridgehead atoms. The second-order valence-corrected chi connectivity index (χ2v) is 4.97. The van der Waals surface area contributed by atoms with Crippen LogP contribution in [0.2, 0.25) is 0 Å². The van der Waals surface area contributed by atoms with Crippen LogP contribution < -0.4 is 5.32 Å². The smallest absolute Gasteiger partial charge is 0.128 e. The molecule has 0 radical (unpaired) electrons. The predicted octanol–water partition coefficient (Wildman–Crippen LogP) is 1.33. The van der Waals surface area contributed by atoms with Crippen LogP contribution in [0.15, 0.2) is 24.3 Å². The van der Waals surface area contributed by atoms with Crippen molar-refractivity contribution in [2.24, 2.45) is 0 Å². The quantitative estimate of drug-likeness (QED) is 0.871. The fraction of sp³-hybridized carbons (Fsp3) is 0.571. The van der Waals surface area contributed by atoms with E-state index in [1.807, 2.05) is 19.2 Å². The van der Waals surface area contributed by atoms with Crippen LogP contribution >= 0.6 is 0 Å². The Morgan fingerprint density at radius 1 is 1.22 bits per heavy atom. The summed E-state index contributed by atoms with van der Waals surface area (Å²) in [6, 6.07) is 7.10. The Morgan fingerprint density at radius 3 is 2.50 bits per heavy atom. The molecule has 0 aliphatic carbocycles. The zero-order valence-electron chi connectivity index (χ0n) is 11.2. The van der Waals surface area contributed by atoms with Gasteiger partial charge in [-0.15, -0.1) is 0 Å². The fourth-order valence-corrected chi connectivity index (χ4v) is 2.39. The molecule has 100 valence electrons. The molecular weight excluding hydrogens is 229 g/mol. The molecule has 0 amide bonds. The van der Waals surface area contributed by atoms with Crippen molar-refractivity contribution in [2.75, 3.05) is 46.8 Å². The van der Waals surface area contributed by atoms with Gasteiger partial charge in [0.1, 0.15) is 5.82 Å². The second-order valence-electron chi connectivity index (χ2n) is 4.97. The van der Waals surface area contributed by atoms with Gasteiger partial charge in [0.15, 0.2) is 0 Å². The molecule has 0 saturated carbocycles. The first-order chi connectivity index (χ1) is 8.70. The van der Waals surface area contributed by atoms with E-state index >= 15 is 0 Å². The summed E-state index contributed by atoms with van der Waals surface area (Å²) in [5, 5.41) is 3.22. The third-order valence-corrected chi connectivity index (χ3v) is 3.67. The van der Waals surface area contributed by atoms with Gasteiger partial charge in [-0.25, -0.2) is 4.39 Å². The fourth-order valence-electron chi connectivity index (χ4n) is 2.39. The minimum absolute atomic E-state index is 0.0645. The van der Waals surface area contributed by atoms with Gasteiger partial charge < -0.3 is 10.2 Å². The third kappa shape index (κ3) is 3.28. The number of likely N-dealkylation sites (N-methyl/N-ethyl adjacent to an activating group) is 2. The van der Waals surface area contributed by atoms with Crippen LogP contribution in [0, 0.1) is 5.82 Å². The minimum Gasteiger partial charge on any atom is -0.312 e. The number of halogens is 1. The van der Waals surface area contributed by atoms with Gasteiger partial charge in [-0.2, -0.15) is 0 Å².